The summed E-state index contributed by atoms with van der Waals surface area (Å²) in [6, 6.07) is 12.4. The predicted molar refractivity (Wildman–Crippen MR) is 95.6 cm³/mol. The van der Waals surface area contributed by atoms with Gasteiger partial charge in [-0.2, -0.15) is 0 Å². The zero-order valence-electron chi connectivity index (χ0n) is 14.4. The van der Waals surface area contributed by atoms with E-state index in [0.717, 1.165) is 29.7 Å². The number of carbonyl (C=O) groups excluding carboxylic acids is 3. The second-order valence-electron chi connectivity index (χ2n) is 6.61. The number of imide groups is 1. The fourth-order valence-corrected chi connectivity index (χ4v) is 3.57. The van der Waals surface area contributed by atoms with Crippen molar-refractivity contribution in [1.29, 1.82) is 0 Å². The zero-order valence-corrected chi connectivity index (χ0v) is 14.4. The Morgan fingerprint density at radius 1 is 0.885 bits per heavy atom. The highest BCUT2D eigenvalue weighted by molar-refractivity contribution is 6.21. The van der Waals surface area contributed by atoms with E-state index in [1.165, 1.54) is 4.90 Å². The molecule has 1 aliphatic carbocycles. The summed E-state index contributed by atoms with van der Waals surface area (Å²) in [6.07, 6.45) is 2.96. The Bertz CT molecular complexity index is 868. The van der Waals surface area contributed by atoms with Crippen LogP contribution in [0.4, 0.5) is 0 Å². The molecule has 2 aromatic rings. The molecule has 132 valence electrons. The van der Waals surface area contributed by atoms with Gasteiger partial charge in [-0.25, -0.2) is 0 Å². The van der Waals surface area contributed by atoms with Crippen LogP contribution in [-0.2, 0) is 6.42 Å². The van der Waals surface area contributed by atoms with Crippen LogP contribution in [0.3, 0.4) is 0 Å². The van der Waals surface area contributed by atoms with Crippen molar-refractivity contribution in [3.05, 3.63) is 64.7 Å². The van der Waals surface area contributed by atoms with Crippen LogP contribution < -0.4 is 4.74 Å². The van der Waals surface area contributed by atoms with Crippen molar-refractivity contribution >= 4 is 17.6 Å². The molecule has 0 atom stereocenters. The third kappa shape index (κ3) is 2.90. The molecule has 5 nitrogen and oxygen atoms in total. The van der Waals surface area contributed by atoms with Gasteiger partial charge in [-0.05, 0) is 55.2 Å². The minimum atomic E-state index is -0.238. The van der Waals surface area contributed by atoms with Crippen molar-refractivity contribution in [1.82, 2.24) is 4.90 Å². The van der Waals surface area contributed by atoms with Crippen LogP contribution in [0, 0.1) is 0 Å². The number of rotatable bonds is 5. The first-order valence-corrected chi connectivity index (χ1v) is 8.89. The average molecular weight is 349 g/mol. The van der Waals surface area contributed by atoms with E-state index < -0.39 is 0 Å². The smallest absolute Gasteiger partial charge is 0.261 e. The van der Waals surface area contributed by atoms with E-state index in [9.17, 15) is 14.4 Å². The lowest BCUT2D eigenvalue weighted by Crippen LogP contribution is -2.31. The summed E-state index contributed by atoms with van der Waals surface area (Å²) in [7, 11) is 0. The number of ether oxygens (including phenoxy) is 1. The Kier molecular flexibility index (Phi) is 4.29. The minimum Gasteiger partial charge on any atom is -0.494 e. The number of carbonyl (C=O) groups is 3. The van der Waals surface area contributed by atoms with Crippen molar-refractivity contribution < 1.29 is 19.1 Å². The molecule has 0 saturated heterocycles. The van der Waals surface area contributed by atoms with Gasteiger partial charge in [0.25, 0.3) is 11.8 Å². The maximum absolute atomic E-state index is 12.3. The third-order valence-electron chi connectivity index (χ3n) is 4.90. The molecule has 2 amide bonds. The van der Waals surface area contributed by atoms with Gasteiger partial charge in [-0.1, -0.05) is 12.1 Å². The molecule has 0 spiro atoms. The van der Waals surface area contributed by atoms with Crippen molar-refractivity contribution in [2.75, 3.05) is 13.2 Å². The summed E-state index contributed by atoms with van der Waals surface area (Å²) >= 11 is 0. The molecular formula is C21H19NO4. The van der Waals surface area contributed by atoms with Gasteiger partial charge in [0.2, 0.25) is 0 Å². The van der Waals surface area contributed by atoms with Gasteiger partial charge in [-0.3, -0.25) is 19.3 Å². The normalized spacial score (nSPS) is 15.8. The number of Topliss-reactive ketones (excluding diaryl/α,β-unsaturated/α-hetero) is 1. The standard InChI is InChI=1S/C21H19NO4/c23-19-8-3-5-14-13-15(9-10-16(14)19)26-12-4-11-22-20(24)17-6-1-2-7-18(17)21(22)25/h1-2,6-7,9-10,13H,3-5,8,11-12H2. The number of hydrogen-bond acceptors (Lipinski definition) is 4. The average Bonchev–Trinajstić information content (AvgIpc) is 2.90. The summed E-state index contributed by atoms with van der Waals surface area (Å²) in [5, 5.41) is 0. The molecule has 0 radical (unpaired) electrons. The molecule has 1 heterocycles. The largest absolute Gasteiger partial charge is 0.494 e. The highest BCUT2D eigenvalue weighted by atomic mass is 16.5. The van der Waals surface area contributed by atoms with E-state index in [1.54, 1.807) is 24.3 Å². The fourth-order valence-electron chi connectivity index (χ4n) is 3.57. The van der Waals surface area contributed by atoms with Gasteiger partial charge in [0.15, 0.2) is 5.78 Å². The number of ketones is 1. The second kappa shape index (κ2) is 6.75. The molecule has 2 aliphatic rings. The van der Waals surface area contributed by atoms with Gasteiger partial charge >= 0.3 is 0 Å². The number of amides is 2. The monoisotopic (exact) mass is 349 g/mol. The van der Waals surface area contributed by atoms with Gasteiger partial charge in [-0.15, -0.1) is 0 Å². The summed E-state index contributed by atoms with van der Waals surface area (Å²) in [4.78, 5) is 37.7. The quantitative estimate of drug-likeness (QED) is 0.614. The number of benzene rings is 2. The van der Waals surface area contributed by atoms with Gasteiger partial charge in [0, 0.05) is 18.5 Å². The van der Waals surface area contributed by atoms with Crippen LogP contribution in [0.2, 0.25) is 0 Å². The third-order valence-corrected chi connectivity index (χ3v) is 4.90. The summed E-state index contributed by atoms with van der Waals surface area (Å²) in [5.41, 5.74) is 2.78. The molecule has 26 heavy (non-hydrogen) atoms. The molecule has 0 aromatic heterocycles. The maximum Gasteiger partial charge on any atom is 0.261 e. The molecule has 5 heteroatoms. The molecule has 0 bridgehead atoms. The molecule has 2 aromatic carbocycles. The lowest BCUT2D eigenvalue weighted by Gasteiger charge is -2.17. The van der Waals surface area contributed by atoms with E-state index >= 15 is 0 Å². The first-order valence-electron chi connectivity index (χ1n) is 8.89. The highest BCUT2D eigenvalue weighted by Crippen LogP contribution is 2.26. The summed E-state index contributed by atoms with van der Waals surface area (Å²) in [5.74, 6) is 0.444. The molecule has 0 saturated carbocycles. The maximum atomic E-state index is 12.3. The number of aryl methyl sites for hydroxylation is 1. The van der Waals surface area contributed by atoms with Gasteiger partial charge in [0.05, 0.1) is 17.7 Å². The summed E-state index contributed by atoms with van der Waals surface area (Å²) < 4.78 is 5.75. The molecule has 4 rings (SSSR count). The Balaban J connectivity index is 1.33. The van der Waals surface area contributed by atoms with Crippen LogP contribution in [0.1, 0.15) is 55.9 Å². The van der Waals surface area contributed by atoms with E-state index in [0.29, 0.717) is 37.1 Å². The molecule has 0 N–H and O–H groups in total. The Morgan fingerprint density at radius 3 is 2.35 bits per heavy atom. The number of hydrogen-bond donors (Lipinski definition) is 0. The second-order valence-corrected chi connectivity index (χ2v) is 6.61. The fraction of sp³-hybridized carbons (Fsp3) is 0.286. The summed E-state index contributed by atoms with van der Waals surface area (Å²) in [6.45, 7) is 0.732. The van der Waals surface area contributed by atoms with Crippen LogP contribution in [0.5, 0.6) is 5.75 Å². The molecule has 0 unspecified atom stereocenters. The SMILES string of the molecule is O=C1CCCc2cc(OCCCN3C(=O)c4ccccc4C3=O)ccc21. The van der Waals surface area contributed by atoms with E-state index in [1.807, 2.05) is 18.2 Å². The first kappa shape index (κ1) is 16.5. The Morgan fingerprint density at radius 2 is 1.62 bits per heavy atom. The zero-order chi connectivity index (χ0) is 18.1. The van der Waals surface area contributed by atoms with Crippen LogP contribution in [-0.4, -0.2) is 35.6 Å². The minimum absolute atomic E-state index is 0.198. The van der Waals surface area contributed by atoms with Crippen LogP contribution in [0.25, 0.3) is 0 Å². The molecule has 0 fully saturated rings. The predicted octanol–water partition coefficient (Wildman–Crippen LogP) is 3.27. The number of nitrogens with zero attached hydrogens (tertiary/aromatic N) is 1. The topological polar surface area (TPSA) is 63.7 Å². The van der Waals surface area contributed by atoms with Gasteiger partial charge < -0.3 is 4.74 Å². The van der Waals surface area contributed by atoms with E-state index in [-0.39, 0.29) is 17.6 Å². The Labute approximate surface area is 151 Å². The van der Waals surface area contributed by atoms with Crippen molar-refractivity contribution in [3.8, 4) is 5.75 Å². The van der Waals surface area contributed by atoms with Crippen molar-refractivity contribution in [2.45, 2.75) is 25.7 Å². The lowest BCUT2D eigenvalue weighted by atomic mass is 9.90. The molecule has 1 aliphatic heterocycles. The van der Waals surface area contributed by atoms with E-state index in [2.05, 4.69) is 0 Å². The lowest BCUT2D eigenvalue weighted by molar-refractivity contribution is 0.0646. The highest BCUT2D eigenvalue weighted by Gasteiger charge is 2.34. The van der Waals surface area contributed by atoms with Crippen molar-refractivity contribution in [3.63, 3.8) is 0 Å². The number of fused-ring (bicyclic) bond motifs is 2. The van der Waals surface area contributed by atoms with Gasteiger partial charge in [0.1, 0.15) is 5.75 Å². The Hall–Kier alpha value is -2.95. The molecular weight excluding hydrogens is 330 g/mol. The van der Waals surface area contributed by atoms with Crippen LogP contribution in [0.15, 0.2) is 42.5 Å². The van der Waals surface area contributed by atoms with Crippen molar-refractivity contribution in [2.24, 2.45) is 0 Å². The van der Waals surface area contributed by atoms with E-state index in [4.69, 9.17) is 4.74 Å². The van der Waals surface area contributed by atoms with Crippen LogP contribution >= 0.6 is 0 Å². The first-order chi connectivity index (χ1) is 12.6.